The molecular formula is C47H90O6. The predicted molar refractivity (Wildman–Crippen MR) is 224 cm³/mol. The molecule has 6 heteroatoms. The van der Waals surface area contributed by atoms with Gasteiger partial charge >= 0.3 is 17.9 Å². The van der Waals surface area contributed by atoms with Crippen molar-refractivity contribution in [1.82, 2.24) is 0 Å². The molecular weight excluding hydrogens is 661 g/mol. The SMILES string of the molecule is CCCCCCCCCCCCC(=O)OC[C@@H](COC(=O)CCCCCCCCC)OC(=O)CCCCCCCCCCCCCCCCCC(C)C. The first-order chi connectivity index (χ1) is 25.9. The molecule has 0 aromatic carbocycles. The van der Waals surface area contributed by atoms with E-state index in [1.807, 2.05) is 0 Å². The Morgan fingerprint density at radius 2 is 0.623 bits per heavy atom. The van der Waals surface area contributed by atoms with E-state index in [-0.39, 0.29) is 31.1 Å². The number of unbranched alkanes of at least 4 members (excludes halogenated alkanes) is 29. The molecule has 0 rings (SSSR count). The van der Waals surface area contributed by atoms with Gasteiger partial charge in [-0.1, -0.05) is 220 Å². The van der Waals surface area contributed by atoms with Crippen LogP contribution in [0.15, 0.2) is 0 Å². The first-order valence-electron chi connectivity index (χ1n) is 23.4. The predicted octanol–water partition coefficient (Wildman–Crippen LogP) is 14.7. The summed E-state index contributed by atoms with van der Waals surface area (Å²) in [6.07, 6.45) is 41.0. The molecule has 0 aromatic heterocycles. The molecule has 53 heavy (non-hydrogen) atoms. The lowest BCUT2D eigenvalue weighted by Gasteiger charge is -2.18. The summed E-state index contributed by atoms with van der Waals surface area (Å²) in [6.45, 7) is 8.97. The molecule has 0 saturated heterocycles. The summed E-state index contributed by atoms with van der Waals surface area (Å²) in [5.74, 6) is -0.0117. The zero-order chi connectivity index (χ0) is 38.9. The van der Waals surface area contributed by atoms with E-state index in [4.69, 9.17) is 14.2 Å². The van der Waals surface area contributed by atoms with Crippen LogP contribution in [0.1, 0.15) is 259 Å². The van der Waals surface area contributed by atoms with Crippen LogP contribution in [0.2, 0.25) is 0 Å². The third-order valence-electron chi connectivity index (χ3n) is 10.5. The van der Waals surface area contributed by atoms with Crippen LogP contribution in [0.5, 0.6) is 0 Å². The molecule has 6 nitrogen and oxygen atoms in total. The Morgan fingerprint density at radius 1 is 0.358 bits per heavy atom. The van der Waals surface area contributed by atoms with E-state index in [0.717, 1.165) is 63.7 Å². The van der Waals surface area contributed by atoms with Crippen molar-refractivity contribution in [2.45, 2.75) is 265 Å². The number of hydrogen-bond acceptors (Lipinski definition) is 6. The zero-order valence-electron chi connectivity index (χ0n) is 36.0. The highest BCUT2D eigenvalue weighted by atomic mass is 16.6. The maximum Gasteiger partial charge on any atom is 0.306 e. The first kappa shape index (κ1) is 51.4. The van der Waals surface area contributed by atoms with E-state index in [0.29, 0.717) is 19.3 Å². The van der Waals surface area contributed by atoms with Gasteiger partial charge in [-0.25, -0.2) is 0 Å². The number of esters is 3. The molecule has 0 aromatic rings. The van der Waals surface area contributed by atoms with Crippen molar-refractivity contribution in [3.8, 4) is 0 Å². The quantitative estimate of drug-likeness (QED) is 0.0351. The second kappa shape index (κ2) is 41.6. The fraction of sp³-hybridized carbons (Fsp3) is 0.936. The van der Waals surface area contributed by atoms with Crippen molar-refractivity contribution in [2.75, 3.05) is 13.2 Å². The Bertz CT molecular complexity index is 796. The van der Waals surface area contributed by atoms with Crippen molar-refractivity contribution in [1.29, 1.82) is 0 Å². The largest absolute Gasteiger partial charge is 0.462 e. The molecule has 0 fully saturated rings. The molecule has 0 spiro atoms. The van der Waals surface area contributed by atoms with Gasteiger partial charge in [0, 0.05) is 19.3 Å². The Morgan fingerprint density at radius 3 is 0.925 bits per heavy atom. The maximum absolute atomic E-state index is 12.7. The van der Waals surface area contributed by atoms with Crippen LogP contribution in [-0.2, 0) is 28.6 Å². The molecule has 1 atom stereocenters. The van der Waals surface area contributed by atoms with Gasteiger partial charge in [-0.15, -0.1) is 0 Å². The molecule has 0 saturated carbocycles. The van der Waals surface area contributed by atoms with Crippen molar-refractivity contribution < 1.29 is 28.6 Å². The van der Waals surface area contributed by atoms with Gasteiger partial charge in [0.15, 0.2) is 6.10 Å². The van der Waals surface area contributed by atoms with E-state index >= 15 is 0 Å². The molecule has 0 heterocycles. The number of ether oxygens (including phenoxy) is 3. The summed E-state index contributed by atoms with van der Waals surface area (Å²) >= 11 is 0. The average molecular weight is 751 g/mol. The Balaban J connectivity index is 4.20. The summed E-state index contributed by atoms with van der Waals surface area (Å²) < 4.78 is 16.7. The van der Waals surface area contributed by atoms with E-state index in [1.165, 1.54) is 154 Å². The Hall–Kier alpha value is -1.59. The van der Waals surface area contributed by atoms with Gasteiger partial charge in [0.2, 0.25) is 0 Å². The zero-order valence-corrected chi connectivity index (χ0v) is 36.0. The standard InChI is InChI=1S/C47H90O6/c1-5-7-9-11-13-14-23-27-31-35-39-46(49)52-42-44(41-51-45(48)38-34-30-25-12-10-8-6-2)53-47(50)40-36-32-28-24-21-19-17-15-16-18-20-22-26-29-33-37-43(3)4/h43-44H,5-42H2,1-4H3/t44-/m1/s1. The van der Waals surface area contributed by atoms with Crippen molar-refractivity contribution in [3.63, 3.8) is 0 Å². The maximum atomic E-state index is 12.7. The summed E-state index contributed by atoms with van der Waals surface area (Å²) in [6, 6.07) is 0. The molecule has 0 amide bonds. The normalized spacial score (nSPS) is 11.9. The lowest BCUT2D eigenvalue weighted by atomic mass is 10.0. The third kappa shape index (κ3) is 41.4. The Labute approximate surface area is 329 Å². The number of carbonyl (C=O) groups excluding carboxylic acids is 3. The molecule has 0 aliphatic carbocycles. The summed E-state index contributed by atoms with van der Waals surface area (Å²) in [5.41, 5.74) is 0. The van der Waals surface area contributed by atoms with Gasteiger partial charge in [-0.05, 0) is 25.2 Å². The fourth-order valence-electron chi connectivity index (χ4n) is 6.98. The minimum atomic E-state index is -0.758. The highest BCUT2D eigenvalue weighted by Gasteiger charge is 2.19. The van der Waals surface area contributed by atoms with Crippen LogP contribution < -0.4 is 0 Å². The van der Waals surface area contributed by atoms with E-state index in [1.54, 1.807) is 0 Å². The van der Waals surface area contributed by atoms with Crippen molar-refractivity contribution in [3.05, 3.63) is 0 Å². The fourth-order valence-corrected chi connectivity index (χ4v) is 6.98. The van der Waals surface area contributed by atoms with E-state index in [2.05, 4.69) is 27.7 Å². The molecule has 0 bridgehead atoms. The molecule has 0 radical (unpaired) electrons. The number of hydrogen-bond donors (Lipinski definition) is 0. The highest BCUT2D eigenvalue weighted by Crippen LogP contribution is 2.16. The first-order valence-corrected chi connectivity index (χ1v) is 23.4. The highest BCUT2D eigenvalue weighted by molar-refractivity contribution is 5.71. The van der Waals surface area contributed by atoms with Crippen LogP contribution in [0.3, 0.4) is 0 Å². The summed E-state index contributed by atoms with van der Waals surface area (Å²) in [7, 11) is 0. The van der Waals surface area contributed by atoms with Crippen LogP contribution in [-0.4, -0.2) is 37.2 Å². The van der Waals surface area contributed by atoms with Gasteiger partial charge in [0.25, 0.3) is 0 Å². The molecule has 0 aliphatic rings. The van der Waals surface area contributed by atoms with Gasteiger partial charge in [0.1, 0.15) is 13.2 Å². The molecule has 314 valence electrons. The van der Waals surface area contributed by atoms with Gasteiger partial charge in [0.05, 0.1) is 0 Å². The second-order valence-corrected chi connectivity index (χ2v) is 16.5. The van der Waals surface area contributed by atoms with Crippen LogP contribution >= 0.6 is 0 Å². The van der Waals surface area contributed by atoms with Crippen molar-refractivity contribution in [2.24, 2.45) is 5.92 Å². The van der Waals surface area contributed by atoms with Crippen LogP contribution in [0, 0.1) is 5.92 Å². The van der Waals surface area contributed by atoms with Crippen LogP contribution in [0.25, 0.3) is 0 Å². The average Bonchev–Trinajstić information content (AvgIpc) is 3.14. The van der Waals surface area contributed by atoms with E-state index in [9.17, 15) is 14.4 Å². The van der Waals surface area contributed by atoms with Crippen molar-refractivity contribution >= 4 is 17.9 Å². The Kier molecular flexibility index (Phi) is 40.3. The summed E-state index contributed by atoms with van der Waals surface area (Å²) in [5, 5.41) is 0. The monoisotopic (exact) mass is 751 g/mol. The lowest BCUT2D eigenvalue weighted by Crippen LogP contribution is -2.30. The van der Waals surface area contributed by atoms with Gasteiger partial charge < -0.3 is 14.2 Å². The van der Waals surface area contributed by atoms with Gasteiger partial charge in [-0.2, -0.15) is 0 Å². The number of carbonyl (C=O) groups is 3. The smallest absolute Gasteiger partial charge is 0.306 e. The topological polar surface area (TPSA) is 78.9 Å². The van der Waals surface area contributed by atoms with Crippen LogP contribution in [0.4, 0.5) is 0 Å². The van der Waals surface area contributed by atoms with E-state index < -0.39 is 6.10 Å². The minimum absolute atomic E-state index is 0.0640. The molecule has 0 N–H and O–H groups in total. The number of rotatable bonds is 42. The lowest BCUT2D eigenvalue weighted by molar-refractivity contribution is -0.167. The molecule has 0 unspecified atom stereocenters. The second-order valence-electron chi connectivity index (χ2n) is 16.5. The minimum Gasteiger partial charge on any atom is -0.462 e. The summed E-state index contributed by atoms with van der Waals surface area (Å²) in [4.78, 5) is 37.6. The third-order valence-corrected chi connectivity index (χ3v) is 10.5. The molecule has 0 aliphatic heterocycles. The van der Waals surface area contributed by atoms with Gasteiger partial charge in [-0.3, -0.25) is 14.4 Å².